The van der Waals surface area contributed by atoms with E-state index in [9.17, 15) is 9.59 Å². The van der Waals surface area contributed by atoms with Gasteiger partial charge in [0.2, 0.25) is 11.8 Å². The molecule has 0 radical (unpaired) electrons. The summed E-state index contributed by atoms with van der Waals surface area (Å²) in [6.45, 7) is 6.00. The van der Waals surface area contributed by atoms with Gasteiger partial charge in [0.05, 0.1) is 12.6 Å². The molecule has 0 aliphatic heterocycles. The lowest BCUT2D eigenvalue weighted by Gasteiger charge is -2.23. The van der Waals surface area contributed by atoms with E-state index in [-0.39, 0.29) is 24.4 Å². The number of rotatable bonds is 6. The Morgan fingerprint density at radius 2 is 2.00 bits per heavy atom. The number of nitrogens with zero attached hydrogens (tertiary/aromatic N) is 1. The van der Waals surface area contributed by atoms with Crippen LogP contribution in [0.4, 0.5) is 5.69 Å². The van der Waals surface area contributed by atoms with Crippen molar-refractivity contribution in [2.75, 3.05) is 18.9 Å². The zero-order valence-electron chi connectivity index (χ0n) is 13.8. The van der Waals surface area contributed by atoms with Crippen LogP contribution < -0.4 is 10.6 Å². The second-order valence-electron chi connectivity index (χ2n) is 6.24. The van der Waals surface area contributed by atoms with Gasteiger partial charge in [0, 0.05) is 11.7 Å². The summed E-state index contributed by atoms with van der Waals surface area (Å²) in [5.74, 6) is -0.119. The van der Waals surface area contributed by atoms with E-state index in [1.165, 1.54) is 0 Å². The topological polar surface area (TPSA) is 61.4 Å². The third-order valence-corrected chi connectivity index (χ3v) is 4.03. The molecule has 5 nitrogen and oxygen atoms in total. The molecule has 1 fully saturated rings. The maximum atomic E-state index is 12.3. The largest absolute Gasteiger partial charge is 0.352 e. The fourth-order valence-corrected chi connectivity index (χ4v) is 2.17. The number of benzene rings is 1. The number of carbonyl (C=O) groups is 2. The molecule has 22 heavy (non-hydrogen) atoms. The van der Waals surface area contributed by atoms with Gasteiger partial charge in [0.1, 0.15) is 0 Å². The predicted octanol–water partition coefficient (Wildman–Crippen LogP) is 1.84. The molecule has 0 spiro atoms. The van der Waals surface area contributed by atoms with Crippen molar-refractivity contribution >= 4 is 17.5 Å². The minimum Gasteiger partial charge on any atom is -0.352 e. The van der Waals surface area contributed by atoms with Gasteiger partial charge in [-0.25, -0.2) is 0 Å². The monoisotopic (exact) mass is 303 g/mol. The van der Waals surface area contributed by atoms with Crippen molar-refractivity contribution < 1.29 is 9.59 Å². The molecule has 0 bridgehead atoms. The van der Waals surface area contributed by atoms with Gasteiger partial charge in [-0.15, -0.1) is 0 Å². The summed E-state index contributed by atoms with van der Waals surface area (Å²) in [4.78, 5) is 25.9. The van der Waals surface area contributed by atoms with Crippen molar-refractivity contribution in [2.24, 2.45) is 0 Å². The Bertz CT molecular complexity index is 567. The predicted molar refractivity (Wildman–Crippen MR) is 87.8 cm³/mol. The molecule has 2 rings (SSSR count). The van der Waals surface area contributed by atoms with Crippen molar-refractivity contribution in [3.8, 4) is 0 Å². The molecular formula is C17H25N3O2. The fourth-order valence-electron chi connectivity index (χ4n) is 2.17. The first kappa shape index (κ1) is 16.5. The molecule has 0 heterocycles. The molecule has 120 valence electrons. The van der Waals surface area contributed by atoms with Gasteiger partial charge in [0.15, 0.2) is 0 Å². The van der Waals surface area contributed by atoms with Crippen molar-refractivity contribution in [1.29, 1.82) is 0 Å². The summed E-state index contributed by atoms with van der Waals surface area (Å²) >= 11 is 0. The van der Waals surface area contributed by atoms with Gasteiger partial charge in [-0.05, 0) is 57.9 Å². The van der Waals surface area contributed by atoms with E-state index in [1.54, 1.807) is 11.9 Å². The summed E-state index contributed by atoms with van der Waals surface area (Å²) in [7, 11) is 1.79. The normalized spacial score (nSPS) is 15.5. The quantitative estimate of drug-likeness (QED) is 0.843. The van der Waals surface area contributed by atoms with Crippen LogP contribution in [0.3, 0.4) is 0 Å². The summed E-state index contributed by atoms with van der Waals surface area (Å²) in [6, 6.07) is 5.94. The van der Waals surface area contributed by atoms with Gasteiger partial charge < -0.3 is 10.6 Å². The first-order valence-corrected chi connectivity index (χ1v) is 7.74. The van der Waals surface area contributed by atoms with E-state index in [4.69, 9.17) is 0 Å². The number of nitrogens with one attached hydrogen (secondary N) is 2. The molecule has 1 unspecified atom stereocenters. The standard InChI is InChI=1S/C17H25N3O2/c1-11-5-6-12(2)15(9-11)19-17(22)13(3)20(4)10-16(21)18-14-7-8-14/h5-6,9,13-14H,7-8,10H2,1-4H3,(H,18,21)(H,19,22). The number of anilines is 1. The lowest BCUT2D eigenvalue weighted by atomic mass is 10.1. The van der Waals surface area contributed by atoms with Crippen LogP contribution in [0.25, 0.3) is 0 Å². The van der Waals surface area contributed by atoms with Gasteiger partial charge in [-0.1, -0.05) is 12.1 Å². The first-order valence-electron chi connectivity index (χ1n) is 7.74. The zero-order valence-corrected chi connectivity index (χ0v) is 13.8. The number of amides is 2. The van der Waals surface area contributed by atoms with Crippen molar-refractivity contribution in [3.63, 3.8) is 0 Å². The molecular weight excluding hydrogens is 278 g/mol. The Morgan fingerprint density at radius 3 is 2.64 bits per heavy atom. The highest BCUT2D eigenvalue weighted by molar-refractivity contribution is 5.95. The molecule has 0 saturated heterocycles. The van der Waals surface area contributed by atoms with E-state index >= 15 is 0 Å². The van der Waals surface area contributed by atoms with Gasteiger partial charge >= 0.3 is 0 Å². The van der Waals surface area contributed by atoms with Crippen LogP contribution >= 0.6 is 0 Å². The number of likely N-dealkylation sites (N-methyl/N-ethyl adjacent to an activating group) is 1. The molecule has 1 atom stereocenters. The SMILES string of the molecule is Cc1ccc(C)c(NC(=O)C(C)N(C)CC(=O)NC2CC2)c1. The maximum Gasteiger partial charge on any atom is 0.241 e. The first-order chi connectivity index (χ1) is 10.4. The van der Waals surface area contributed by atoms with Crippen molar-refractivity contribution in [1.82, 2.24) is 10.2 Å². The van der Waals surface area contributed by atoms with E-state index < -0.39 is 0 Å². The van der Waals surface area contributed by atoms with Gasteiger partial charge in [-0.2, -0.15) is 0 Å². The van der Waals surface area contributed by atoms with Crippen LogP contribution in [-0.4, -0.2) is 42.4 Å². The second kappa shape index (κ2) is 6.92. The van der Waals surface area contributed by atoms with Crippen molar-refractivity contribution in [2.45, 2.75) is 45.7 Å². The maximum absolute atomic E-state index is 12.3. The average Bonchev–Trinajstić information content (AvgIpc) is 3.25. The van der Waals surface area contributed by atoms with Crippen LogP contribution in [0.5, 0.6) is 0 Å². The molecule has 1 aliphatic rings. The Kier molecular flexibility index (Phi) is 5.19. The number of carbonyl (C=O) groups excluding carboxylic acids is 2. The zero-order chi connectivity index (χ0) is 16.3. The lowest BCUT2D eigenvalue weighted by Crippen LogP contribution is -2.45. The number of hydrogen-bond acceptors (Lipinski definition) is 3. The van der Waals surface area contributed by atoms with Crippen LogP contribution in [0.1, 0.15) is 30.9 Å². The lowest BCUT2D eigenvalue weighted by molar-refractivity contribution is -0.124. The van der Waals surface area contributed by atoms with Crippen LogP contribution in [0.2, 0.25) is 0 Å². The third kappa shape index (κ3) is 4.56. The Hall–Kier alpha value is -1.88. The summed E-state index contributed by atoms with van der Waals surface area (Å²) in [5.41, 5.74) is 2.96. The number of hydrogen-bond donors (Lipinski definition) is 2. The van der Waals surface area contributed by atoms with E-state index in [0.717, 1.165) is 29.7 Å². The highest BCUT2D eigenvalue weighted by atomic mass is 16.2. The number of aryl methyl sites for hydroxylation is 2. The van der Waals surface area contributed by atoms with Crippen LogP contribution in [0.15, 0.2) is 18.2 Å². The smallest absolute Gasteiger partial charge is 0.241 e. The highest BCUT2D eigenvalue weighted by Gasteiger charge is 2.25. The molecule has 5 heteroatoms. The second-order valence-corrected chi connectivity index (χ2v) is 6.24. The van der Waals surface area contributed by atoms with E-state index in [2.05, 4.69) is 10.6 Å². The minimum absolute atomic E-state index is 0.0172. The fraction of sp³-hybridized carbons (Fsp3) is 0.529. The summed E-state index contributed by atoms with van der Waals surface area (Å²) in [5, 5.41) is 5.88. The van der Waals surface area contributed by atoms with Gasteiger partial charge in [-0.3, -0.25) is 14.5 Å². The van der Waals surface area contributed by atoms with Crippen molar-refractivity contribution in [3.05, 3.63) is 29.3 Å². The van der Waals surface area contributed by atoms with Crippen LogP contribution in [0, 0.1) is 13.8 Å². The molecule has 1 saturated carbocycles. The molecule has 1 aromatic rings. The highest BCUT2D eigenvalue weighted by Crippen LogP contribution is 2.19. The summed E-state index contributed by atoms with van der Waals surface area (Å²) in [6.07, 6.45) is 2.14. The molecule has 2 N–H and O–H groups in total. The summed E-state index contributed by atoms with van der Waals surface area (Å²) < 4.78 is 0. The molecule has 1 aromatic carbocycles. The average molecular weight is 303 g/mol. The minimum atomic E-state index is -0.370. The van der Waals surface area contributed by atoms with Crippen LogP contribution in [-0.2, 0) is 9.59 Å². The Morgan fingerprint density at radius 1 is 1.32 bits per heavy atom. The van der Waals surface area contributed by atoms with Gasteiger partial charge in [0.25, 0.3) is 0 Å². The Balaban J connectivity index is 1.89. The van der Waals surface area contributed by atoms with E-state index in [1.807, 2.05) is 39.0 Å². The van der Waals surface area contributed by atoms with E-state index in [0.29, 0.717) is 6.04 Å². The Labute approximate surface area is 132 Å². The molecule has 2 amide bonds. The molecule has 0 aromatic heterocycles. The third-order valence-electron chi connectivity index (χ3n) is 4.03. The molecule has 1 aliphatic carbocycles.